The molecule has 0 aliphatic heterocycles. The van der Waals surface area contributed by atoms with Crippen molar-refractivity contribution in [2.75, 3.05) is 12.8 Å². The van der Waals surface area contributed by atoms with E-state index in [4.69, 9.17) is 10.5 Å². The minimum atomic E-state index is 0.829. The van der Waals surface area contributed by atoms with E-state index in [1.807, 2.05) is 25.1 Å². The summed E-state index contributed by atoms with van der Waals surface area (Å²) in [7, 11) is 1.69. The van der Waals surface area contributed by atoms with E-state index >= 15 is 0 Å². The standard InChI is InChI=1S/C15H16BrNOS/c1-10-3-6-15(13(17)7-10)19-9-11-8-12(16)4-5-14(11)18-2/h3-8H,9,17H2,1-2H3. The molecule has 0 spiro atoms. The predicted octanol–water partition coefficient (Wildman–Crippen LogP) is 4.64. The summed E-state index contributed by atoms with van der Waals surface area (Å²) < 4.78 is 6.43. The SMILES string of the molecule is COc1ccc(Br)cc1CSc1ccc(C)cc1N. The zero-order valence-electron chi connectivity index (χ0n) is 10.9. The minimum Gasteiger partial charge on any atom is -0.496 e. The van der Waals surface area contributed by atoms with Crippen LogP contribution in [0.25, 0.3) is 0 Å². The van der Waals surface area contributed by atoms with Crippen molar-refractivity contribution >= 4 is 33.4 Å². The molecule has 2 aromatic rings. The normalized spacial score (nSPS) is 10.5. The molecule has 0 heterocycles. The molecule has 0 amide bonds. The lowest BCUT2D eigenvalue weighted by Gasteiger charge is -2.10. The number of halogens is 1. The Morgan fingerprint density at radius 1 is 1.21 bits per heavy atom. The fraction of sp³-hybridized carbons (Fsp3) is 0.200. The average molecular weight is 338 g/mol. The van der Waals surface area contributed by atoms with Crippen LogP contribution in [0, 0.1) is 6.92 Å². The van der Waals surface area contributed by atoms with Gasteiger partial charge >= 0.3 is 0 Å². The van der Waals surface area contributed by atoms with Gasteiger partial charge in [-0.05, 0) is 42.8 Å². The first-order valence-electron chi connectivity index (χ1n) is 5.91. The van der Waals surface area contributed by atoms with Crippen molar-refractivity contribution < 1.29 is 4.74 Å². The highest BCUT2D eigenvalue weighted by atomic mass is 79.9. The molecule has 0 aromatic heterocycles. The van der Waals surface area contributed by atoms with Crippen molar-refractivity contribution in [3.8, 4) is 5.75 Å². The molecular formula is C15H16BrNOS. The number of ether oxygens (including phenoxy) is 1. The largest absolute Gasteiger partial charge is 0.496 e. The van der Waals surface area contributed by atoms with Crippen molar-refractivity contribution in [3.63, 3.8) is 0 Å². The lowest BCUT2D eigenvalue weighted by Crippen LogP contribution is -1.92. The number of nitrogen functional groups attached to an aromatic ring is 1. The summed E-state index contributed by atoms with van der Waals surface area (Å²) in [5, 5.41) is 0. The predicted molar refractivity (Wildman–Crippen MR) is 85.8 cm³/mol. The number of rotatable bonds is 4. The van der Waals surface area contributed by atoms with E-state index in [0.717, 1.165) is 32.1 Å². The van der Waals surface area contributed by atoms with Crippen LogP contribution in [0.4, 0.5) is 5.69 Å². The molecule has 2 nitrogen and oxygen atoms in total. The molecule has 19 heavy (non-hydrogen) atoms. The van der Waals surface area contributed by atoms with Gasteiger partial charge in [0.25, 0.3) is 0 Å². The Bertz CT molecular complexity index is 586. The Labute approximate surface area is 126 Å². The maximum atomic E-state index is 6.02. The summed E-state index contributed by atoms with van der Waals surface area (Å²) in [6, 6.07) is 12.2. The van der Waals surface area contributed by atoms with E-state index < -0.39 is 0 Å². The van der Waals surface area contributed by atoms with Gasteiger partial charge < -0.3 is 10.5 Å². The summed E-state index contributed by atoms with van der Waals surface area (Å²) in [6.07, 6.45) is 0. The van der Waals surface area contributed by atoms with Crippen LogP contribution in [0.5, 0.6) is 5.75 Å². The summed E-state index contributed by atoms with van der Waals surface area (Å²) >= 11 is 5.21. The van der Waals surface area contributed by atoms with Gasteiger partial charge in [0.2, 0.25) is 0 Å². The number of aryl methyl sites for hydroxylation is 1. The van der Waals surface area contributed by atoms with Gasteiger partial charge in [0, 0.05) is 26.4 Å². The number of hydrogen-bond donors (Lipinski definition) is 1. The lowest BCUT2D eigenvalue weighted by molar-refractivity contribution is 0.411. The zero-order valence-corrected chi connectivity index (χ0v) is 13.3. The third kappa shape index (κ3) is 3.67. The van der Waals surface area contributed by atoms with Crippen LogP contribution in [0.15, 0.2) is 45.8 Å². The third-order valence-corrected chi connectivity index (χ3v) is 4.42. The highest BCUT2D eigenvalue weighted by Gasteiger charge is 2.06. The molecule has 0 aliphatic rings. The molecule has 0 fully saturated rings. The Kier molecular flexibility index (Phi) is 4.77. The molecule has 2 rings (SSSR count). The van der Waals surface area contributed by atoms with E-state index in [9.17, 15) is 0 Å². The van der Waals surface area contributed by atoms with E-state index in [2.05, 4.69) is 34.1 Å². The van der Waals surface area contributed by atoms with Gasteiger partial charge in [0.05, 0.1) is 7.11 Å². The molecule has 0 bridgehead atoms. The quantitative estimate of drug-likeness (QED) is 0.651. The third-order valence-electron chi connectivity index (χ3n) is 2.79. The van der Waals surface area contributed by atoms with E-state index in [-0.39, 0.29) is 0 Å². The van der Waals surface area contributed by atoms with Gasteiger partial charge in [-0.1, -0.05) is 22.0 Å². The lowest BCUT2D eigenvalue weighted by atomic mass is 10.2. The van der Waals surface area contributed by atoms with Crippen molar-refractivity contribution in [2.45, 2.75) is 17.6 Å². The van der Waals surface area contributed by atoms with Crippen LogP contribution >= 0.6 is 27.7 Å². The minimum absolute atomic E-state index is 0.829. The zero-order chi connectivity index (χ0) is 13.8. The number of hydrogen-bond acceptors (Lipinski definition) is 3. The first kappa shape index (κ1) is 14.3. The summed E-state index contributed by atoms with van der Waals surface area (Å²) in [4.78, 5) is 1.10. The van der Waals surface area contributed by atoms with Crippen LogP contribution in [0.2, 0.25) is 0 Å². The van der Waals surface area contributed by atoms with Crippen molar-refractivity contribution in [1.29, 1.82) is 0 Å². The molecular weight excluding hydrogens is 322 g/mol. The summed E-state index contributed by atoms with van der Waals surface area (Å²) in [5.74, 6) is 1.73. The molecule has 0 unspecified atom stereocenters. The second-order valence-corrected chi connectivity index (χ2v) is 6.22. The number of nitrogens with two attached hydrogens (primary N) is 1. The first-order chi connectivity index (χ1) is 9.10. The Morgan fingerprint density at radius 3 is 2.68 bits per heavy atom. The fourth-order valence-electron chi connectivity index (χ4n) is 1.81. The second kappa shape index (κ2) is 6.35. The highest BCUT2D eigenvalue weighted by Crippen LogP contribution is 2.33. The van der Waals surface area contributed by atoms with Crippen molar-refractivity contribution in [1.82, 2.24) is 0 Å². The van der Waals surface area contributed by atoms with Gasteiger partial charge in [-0.15, -0.1) is 11.8 Å². The maximum Gasteiger partial charge on any atom is 0.122 e. The average Bonchev–Trinajstić information content (AvgIpc) is 2.38. The first-order valence-corrected chi connectivity index (χ1v) is 7.69. The molecule has 0 saturated carbocycles. The van der Waals surface area contributed by atoms with Crippen LogP contribution in [0.1, 0.15) is 11.1 Å². The van der Waals surface area contributed by atoms with Crippen LogP contribution in [-0.2, 0) is 5.75 Å². The number of methoxy groups -OCH3 is 1. The molecule has 2 N–H and O–H groups in total. The van der Waals surface area contributed by atoms with Gasteiger partial charge in [-0.3, -0.25) is 0 Å². The Hall–Kier alpha value is -1.13. The van der Waals surface area contributed by atoms with Crippen LogP contribution in [-0.4, -0.2) is 7.11 Å². The van der Waals surface area contributed by atoms with E-state index in [1.165, 1.54) is 5.56 Å². The van der Waals surface area contributed by atoms with Gasteiger partial charge in [0.15, 0.2) is 0 Å². The molecule has 0 radical (unpaired) electrons. The van der Waals surface area contributed by atoms with E-state index in [0.29, 0.717) is 0 Å². The van der Waals surface area contributed by atoms with Crippen molar-refractivity contribution in [2.24, 2.45) is 0 Å². The molecule has 0 aliphatic carbocycles. The van der Waals surface area contributed by atoms with Gasteiger partial charge in [-0.25, -0.2) is 0 Å². The Balaban J connectivity index is 2.16. The summed E-state index contributed by atoms with van der Waals surface area (Å²) in [6.45, 7) is 2.04. The Morgan fingerprint density at radius 2 is 2.00 bits per heavy atom. The number of anilines is 1. The van der Waals surface area contributed by atoms with Crippen LogP contribution < -0.4 is 10.5 Å². The molecule has 2 aromatic carbocycles. The molecule has 0 atom stereocenters. The number of thioether (sulfide) groups is 1. The van der Waals surface area contributed by atoms with Gasteiger partial charge in [-0.2, -0.15) is 0 Å². The molecule has 0 saturated heterocycles. The number of benzene rings is 2. The maximum absolute atomic E-state index is 6.02. The van der Waals surface area contributed by atoms with Crippen LogP contribution in [0.3, 0.4) is 0 Å². The fourth-order valence-corrected chi connectivity index (χ4v) is 3.15. The van der Waals surface area contributed by atoms with Crippen molar-refractivity contribution in [3.05, 3.63) is 52.0 Å². The highest BCUT2D eigenvalue weighted by molar-refractivity contribution is 9.10. The van der Waals surface area contributed by atoms with Gasteiger partial charge in [0.1, 0.15) is 5.75 Å². The molecule has 100 valence electrons. The second-order valence-electron chi connectivity index (χ2n) is 4.29. The van der Waals surface area contributed by atoms with E-state index in [1.54, 1.807) is 18.9 Å². The smallest absolute Gasteiger partial charge is 0.122 e. The molecule has 4 heteroatoms. The monoisotopic (exact) mass is 337 g/mol. The topological polar surface area (TPSA) is 35.2 Å². The summed E-state index contributed by atoms with van der Waals surface area (Å²) in [5.41, 5.74) is 9.19.